The van der Waals surface area contributed by atoms with E-state index in [1.54, 1.807) is 0 Å². The average molecular weight is 276 g/mol. The van der Waals surface area contributed by atoms with Crippen molar-refractivity contribution in [2.24, 2.45) is 0 Å². The summed E-state index contributed by atoms with van der Waals surface area (Å²) in [5.41, 5.74) is -0.135. The molecule has 0 amide bonds. The molecule has 1 unspecified atom stereocenters. The first kappa shape index (κ1) is 16.1. The Kier molecular flexibility index (Phi) is 6.27. The maximum absolute atomic E-state index is 6.14. The number of rotatable bonds is 10. The monoisotopic (exact) mass is 276 g/mol. The van der Waals surface area contributed by atoms with Crippen molar-refractivity contribution in [3.63, 3.8) is 0 Å². The topological polar surface area (TPSA) is 40.2 Å². The molecule has 1 heterocycles. The van der Waals surface area contributed by atoms with Crippen molar-refractivity contribution < 1.29 is 18.3 Å². The first-order valence-corrected chi connectivity index (χ1v) is 9.70. The van der Waals surface area contributed by atoms with Crippen molar-refractivity contribution in [2.75, 3.05) is 26.4 Å². The molecule has 18 heavy (non-hydrogen) atoms. The van der Waals surface area contributed by atoms with Gasteiger partial charge in [0, 0.05) is 13.2 Å². The molecular weight excluding hydrogens is 248 g/mol. The molecule has 1 saturated heterocycles. The van der Waals surface area contributed by atoms with E-state index in [2.05, 4.69) is 26.9 Å². The highest BCUT2D eigenvalue weighted by Gasteiger charge is 2.32. The Balaban J connectivity index is 2.12. The Labute approximate surface area is 112 Å². The van der Waals surface area contributed by atoms with Crippen LogP contribution in [0, 0.1) is 0 Å². The summed E-state index contributed by atoms with van der Waals surface area (Å²) in [4.78, 5) is 0. The van der Waals surface area contributed by atoms with Crippen LogP contribution in [-0.4, -0.2) is 46.7 Å². The molecule has 0 aromatic heterocycles. The van der Waals surface area contributed by atoms with Gasteiger partial charge in [0.15, 0.2) is 0 Å². The lowest BCUT2D eigenvalue weighted by molar-refractivity contribution is 0.0356. The maximum Gasteiger partial charge on any atom is 0.332 e. The van der Waals surface area contributed by atoms with Gasteiger partial charge in [0.25, 0.3) is 0 Å². The van der Waals surface area contributed by atoms with Crippen molar-refractivity contribution in [1.29, 1.82) is 0 Å². The van der Waals surface area contributed by atoms with E-state index < -0.39 is 8.56 Å². The Morgan fingerprint density at radius 1 is 1.33 bits per heavy atom. The molecule has 108 valence electrons. The minimum Gasteiger partial charge on any atom is -0.395 e. The van der Waals surface area contributed by atoms with Crippen LogP contribution in [0.2, 0.25) is 13.1 Å². The van der Waals surface area contributed by atoms with E-state index in [-0.39, 0.29) is 5.60 Å². The van der Waals surface area contributed by atoms with E-state index in [1.807, 2.05) is 6.92 Å². The second-order valence-electron chi connectivity index (χ2n) is 5.83. The molecule has 0 N–H and O–H groups in total. The quantitative estimate of drug-likeness (QED) is 0.349. The Bertz CT molecular complexity index is 239. The fourth-order valence-corrected chi connectivity index (χ4v) is 4.26. The zero-order chi connectivity index (χ0) is 13.6. The van der Waals surface area contributed by atoms with Gasteiger partial charge in [-0.25, -0.2) is 0 Å². The molecule has 0 aliphatic carbocycles. The van der Waals surface area contributed by atoms with Crippen LogP contribution in [0.1, 0.15) is 33.6 Å². The second-order valence-corrected chi connectivity index (χ2v) is 9.12. The standard InChI is InChI=1S/C13H28O4Si/c1-6-16-18(4,5)17-13(2,3)8-7-9-14-10-12-11-15-12/h12H,6-11H2,1-5H3. The van der Waals surface area contributed by atoms with Gasteiger partial charge in [0.1, 0.15) is 6.10 Å². The fourth-order valence-electron chi connectivity index (χ4n) is 2.07. The molecule has 1 rings (SSSR count). The van der Waals surface area contributed by atoms with Gasteiger partial charge in [-0.2, -0.15) is 0 Å². The smallest absolute Gasteiger partial charge is 0.332 e. The van der Waals surface area contributed by atoms with Crippen molar-refractivity contribution in [2.45, 2.75) is 58.4 Å². The molecule has 0 spiro atoms. The molecular formula is C13H28O4Si. The summed E-state index contributed by atoms with van der Waals surface area (Å²) in [5.74, 6) is 0. The van der Waals surface area contributed by atoms with Crippen LogP contribution in [0.25, 0.3) is 0 Å². The van der Waals surface area contributed by atoms with Crippen LogP contribution in [0.3, 0.4) is 0 Å². The van der Waals surface area contributed by atoms with Gasteiger partial charge in [0.2, 0.25) is 0 Å². The third kappa shape index (κ3) is 7.48. The molecule has 4 nitrogen and oxygen atoms in total. The van der Waals surface area contributed by atoms with Gasteiger partial charge in [-0.3, -0.25) is 0 Å². The normalized spacial score (nSPS) is 20.2. The highest BCUT2D eigenvalue weighted by molar-refractivity contribution is 6.64. The lowest BCUT2D eigenvalue weighted by atomic mass is 10.0. The van der Waals surface area contributed by atoms with E-state index in [4.69, 9.17) is 18.3 Å². The van der Waals surface area contributed by atoms with Crippen LogP contribution in [0.15, 0.2) is 0 Å². The number of ether oxygens (including phenoxy) is 2. The lowest BCUT2D eigenvalue weighted by Crippen LogP contribution is -2.43. The molecule has 0 aromatic rings. The van der Waals surface area contributed by atoms with Gasteiger partial charge < -0.3 is 18.3 Å². The van der Waals surface area contributed by atoms with Crippen LogP contribution < -0.4 is 0 Å². The SMILES string of the molecule is CCO[Si](C)(C)OC(C)(C)CCCOCC1CO1. The average Bonchev–Trinajstić information content (AvgIpc) is 2.98. The third-order valence-electron chi connectivity index (χ3n) is 2.79. The predicted molar refractivity (Wildman–Crippen MR) is 74.1 cm³/mol. The summed E-state index contributed by atoms with van der Waals surface area (Å²) in [7, 11) is -1.98. The molecule has 0 aromatic carbocycles. The highest BCUT2D eigenvalue weighted by Crippen LogP contribution is 2.23. The van der Waals surface area contributed by atoms with Crippen LogP contribution in [0.5, 0.6) is 0 Å². The third-order valence-corrected chi connectivity index (χ3v) is 4.82. The zero-order valence-electron chi connectivity index (χ0n) is 12.5. The first-order valence-electron chi connectivity index (χ1n) is 6.88. The molecule has 1 aliphatic rings. The van der Waals surface area contributed by atoms with Gasteiger partial charge in [-0.1, -0.05) is 0 Å². The number of hydrogen-bond donors (Lipinski definition) is 0. The Morgan fingerprint density at radius 2 is 2.00 bits per heavy atom. The maximum atomic E-state index is 6.14. The van der Waals surface area contributed by atoms with Crippen molar-refractivity contribution >= 4 is 8.56 Å². The minimum atomic E-state index is -1.98. The summed E-state index contributed by atoms with van der Waals surface area (Å²) in [5, 5.41) is 0. The van der Waals surface area contributed by atoms with Gasteiger partial charge in [-0.15, -0.1) is 0 Å². The molecule has 0 bridgehead atoms. The molecule has 0 radical (unpaired) electrons. The molecule has 1 atom stereocenters. The van der Waals surface area contributed by atoms with E-state index in [9.17, 15) is 0 Å². The Morgan fingerprint density at radius 3 is 2.56 bits per heavy atom. The molecule has 1 aliphatic heterocycles. The van der Waals surface area contributed by atoms with Crippen LogP contribution >= 0.6 is 0 Å². The number of epoxide rings is 1. The van der Waals surface area contributed by atoms with Crippen molar-refractivity contribution in [1.82, 2.24) is 0 Å². The summed E-state index contributed by atoms with van der Waals surface area (Å²) in [6, 6.07) is 0. The summed E-state index contributed by atoms with van der Waals surface area (Å²) in [6.07, 6.45) is 2.36. The summed E-state index contributed by atoms with van der Waals surface area (Å²) >= 11 is 0. The van der Waals surface area contributed by atoms with Crippen LogP contribution in [0.4, 0.5) is 0 Å². The van der Waals surface area contributed by atoms with E-state index >= 15 is 0 Å². The lowest BCUT2D eigenvalue weighted by Gasteiger charge is -2.34. The number of hydrogen-bond acceptors (Lipinski definition) is 4. The highest BCUT2D eigenvalue weighted by atomic mass is 28.4. The molecule has 5 heteroatoms. The van der Waals surface area contributed by atoms with Gasteiger partial charge in [0.05, 0.1) is 18.8 Å². The molecule has 1 fully saturated rings. The first-order chi connectivity index (χ1) is 8.35. The summed E-state index contributed by atoms with van der Waals surface area (Å²) < 4.78 is 22.5. The summed E-state index contributed by atoms with van der Waals surface area (Å²) in [6.45, 7) is 13.6. The predicted octanol–water partition coefficient (Wildman–Crippen LogP) is 2.72. The Hall–Kier alpha value is 0.0569. The molecule has 0 saturated carbocycles. The van der Waals surface area contributed by atoms with E-state index in [1.165, 1.54) is 0 Å². The second kappa shape index (κ2) is 7.00. The fraction of sp³-hybridized carbons (Fsp3) is 1.00. The van der Waals surface area contributed by atoms with Gasteiger partial charge >= 0.3 is 8.56 Å². The largest absolute Gasteiger partial charge is 0.395 e. The van der Waals surface area contributed by atoms with E-state index in [0.717, 1.165) is 39.3 Å². The zero-order valence-corrected chi connectivity index (χ0v) is 13.5. The van der Waals surface area contributed by atoms with Crippen LogP contribution in [-0.2, 0) is 18.3 Å². The van der Waals surface area contributed by atoms with Crippen molar-refractivity contribution in [3.8, 4) is 0 Å². The van der Waals surface area contributed by atoms with Crippen molar-refractivity contribution in [3.05, 3.63) is 0 Å². The minimum absolute atomic E-state index is 0.135. The van der Waals surface area contributed by atoms with Gasteiger partial charge in [-0.05, 0) is 46.7 Å². The van der Waals surface area contributed by atoms with E-state index in [0.29, 0.717) is 6.10 Å².